The number of aliphatic imine (C=N–C) groups is 1. The molecule has 0 atom stereocenters. The molecule has 0 bridgehead atoms. The number of hydrogen-bond acceptors (Lipinski definition) is 4. The van der Waals surface area contributed by atoms with Crippen molar-refractivity contribution in [1.82, 2.24) is 20.4 Å². The first-order valence-corrected chi connectivity index (χ1v) is 11.6. The highest BCUT2D eigenvalue weighted by Gasteiger charge is 2.27. The Morgan fingerprint density at radius 2 is 1.72 bits per heavy atom. The Bertz CT molecular complexity index is 516. The Balaban J connectivity index is 1.75. The van der Waals surface area contributed by atoms with Crippen LogP contribution in [0.5, 0.6) is 0 Å². The van der Waals surface area contributed by atoms with Crippen molar-refractivity contribution in [3.05, 3.63) is 0 Å². The van der Waals surface area contributed by atoms with Crippen LogP contribution in [0.4, 0.5) is 4.79 Å². The maximum absolute atomic E-state index is 12.2. The van der Waals surface area contributed by atoms with Gasteiger partial charge in [-0.2, -0.15) is 0 Å². The summed E-state index contributed by atoms with van der Waals surface area (Å²) in [6.07, 6.45) is 5.37. The quantitative estimate of drug-likeness (QED) is 0.521. The van der Waals surface area contributed by atoms with Crippen LogP contribution in [0.2, 0.25) is 0 Å². The van der Waals surface area contributed by atoms with E-state index in [-0.39, 0.29) is 6.09 Å². The monoisotopic (exact) mass is 409 g/mol. The minimum absolute atomic E-state index is 0.191. The van der Waals surface area contributed by atoms with Gasteiger partial charge in [0.2, 0.25) is 0 Å². The van der Waals surface area contributed by atoms with Crippen LogP contribution in [0, 0.1) is 5.92 Å². The zero-order chi connectivity index (χ0) is 21.3. The second-order valence-corrected chi connectivity index (χ2v) is 9.39. The van der Waals surface area contributed by atoms with E-state index in [0.717, 1.165) is 45.0 Å². The first-order valence-electron chi connectivity index (χ1n) is 11.6. The van der Waals surface area contributed by atoms with Crippen LogP contribution in [0.25, 0.3) is 0 Å². The Kier molecular flexibility index (Phi) is 9.53. The lowest BCUT2D eigenvalue weighted by molar-refractivity contribution is 0.0187. The molecule has 7 nitrogen and oxygen atoms in total. The predicted molar refractivity (Wildman–Crippen MR) is 119 cm³/mol. The average Bonchev–Trinajstić information content (AvgIpc) is 2.67. The summed E-state index contributed by atoms with van der Waals surface area (Å²) < 4.78 is 5.49. The van der Waals surface area contributed by atoms with E-state index < -0.39 is 5.60 Å². The lowest BCUT2D eigenvalue weighted by Gasteiger charge is -2.34. The molecule has 0 aromatic rings. The molecule has 2 N–H and O–H groups in total. The first kappa shape index (κ1) is 23.8. The van der Waals surface area contributed by atoms with Crippen molar-refractivity contribution < 1.29 is 9.53 Å². The fourth-order valence-electron chi connectivity index (χ4n) is 3.98. The molecule has 7 heteroatoms. The van der Waals surface area contributed by atoms with Gasteiger partial charge in [0.15, 0.2) is 5.96 Å². The molecule has 2 rings (SSSR count). The number of guanidine groups is 1. The molecule has 0 spiro atoms. The fourth-order valence-corrected chi connectivity index (χ4v) is 3.98. The molecule has 2 aliphatic heterocycles. The predicted octanol–water partition coefficient (Wildman–Crippen LogP) is 3.06. The lowest BCUT2D eigenvalue weighted by Crippen LogP contribution is -2.49. The molecule has 1 amide bonds. The Hall–Kier alpha value is -1.50. The number of nitrogens with zero attached hydrogens (tertiary/aromatic N) is 3. The molecule has 0 aliphatic carbocycles. The summed E-state index contributed by atoms with van der Waals surface area (Å²) in [5.74, 6) is 1.46. The van der Waals surface area contributed by atoms with Gasteiger partial charge in [-0.05, 0) is 72.3 Å². The maximum Gasteiger partial charge on any atom is 0.410 e. The molecule has 0 saturated carbocycles. The van der Waals surface area contributed by atoms with Crippen molar-refractivity contribution in [3.63, 3.8) is 0 Å². The highest BCUT2D eigenvalue weighted by molar-refractivity contribution is 5.80. The minimum Gasteiger partial charge on any atom is -0.444 e. The standard InChI is InChI=1S/C22H43N5O2/c1-6-12-26-13-10-19(11-14-26)25-20(23-7-2)24-17-18-8-15-27(16-9-18)21(28)29-22(3,4)5/h18-19H,6-17H2,1-5H3,(H2,23,24,25). The van der Waals surface area contributed by atoms with Crippen LogP contribution < -0.4 is 10.6 Å². The molecule has 0 aromatic carbocycles. The number of likely N-dealkylation sites (tertiary alicyclic amines) is 2. The first-order chi connectivity index (χ1) is 13.8. The maximum atomic E-state index is 12.2. The molecular formula is C22H43N5O2. The van der Waals surface area contributed by atoms with Crippen LogP contribution in [0.15, 0.2) is 4.99 Å². The van der Waals surface area contributed by atoms with Crippen LogP contribution in [-0.2, 0) is 4.74 Å². The van der Waals surface area contributed by atoms with Gasteiger partial charge in [-0.1, -0.05) is 6.92 Å². The second kappa shape index (κ2) is 11.6. The van der Waals surface area contributed by atoms with E-state index in [1.54, 1.807) is 0 Å². The molecule has 2 aliphatic rings. The Morgan fingerprint density at radius 3 is 2.28 bits per heavy atom. The average molecular weight is 410 g/mol. The lowest BCUT2D eigenvalue weighted by atomic mass is 9.97. The highest BCUT2D eigenvalue weighted by atomic mass is 16.6. The van der Waals surface area contributed by atoms with Gasteiger partial charge in [-0.3, -0.25) is 4.99 Å². The van der Waals surface area contributed by atoms with Gasteiger partial charge in [-0.25, -0.2) is 4.79 Å². The molecule has 0 unspecified atom stereocenters. The van der Waals surface area contributed by atoms with Crippen molar-refractivity contribution in [2.75, 3.05) is 45.8 Å². The zero-order valence-corrected chi connectivity index (χ0v) is 19.3. The van der Waals surface area contributed by atoms with Crippen molar-refractivity contribution in [3.8, 4) is 0 Å². The van der Waals surface area contributed by atoms with Gasteiger partial charge in [0.1, 0.15) is 5.60 Å². The second-order valence-electron chi connectivity index (χ2n) is 9.39. The summed E-state index contributed by atoms with van der Waals surface area (Å²) >= 11 is 0. The van der Waals surface area contributed by atoms with E-state index in [9.17, 15) is 4.79 Å². The third kappa shape index (κ3) is 8.81. The van der Waals surface area contributed by atoms with E-state index in [1.807, 2.05) is 25.7 Å². The molecule has 0 radical (unpaired) electrons. The van der Waals surface area contributed by atoms with E-state index in [0.29, 0.717) is 12.0 Å². The molecule has 2 saturated heterocycles. The van der Waals surface area contributed by atoms with Crippen LogP contribution >= 0.6 is 0 Å². The fraction of sp³-hybridized carbons (Fsp3) is 0.909. The number of carbonyl (C=O) groups excluding carboxylic acids is 1. The van der Waals surface area contributed by atoms with Crippen LogP contribution in [-0.4, -0.2) is 79.3 Å². The Morgan fingerprint density at radius 1 is 1.07 bits per heavy atom. The van der Waals surface area contributed by atoms with Crippen molar-refractivity contribution in [2.45, 2.75) is 78.4 Å². The van der Waals surface area contributed by atoms with Gasteiger partial charge >= 0.3 is 6.09 Å². The molecule has 0 aromatic heterocycles. The number of amides is 1. The summed E-state index contributed by atoms with van der Waals surface area (Å²) in [6, 6.07) is 0.509. The van der Waals surface area contributed by atoms with E-state index in [2.05, 4.69) is 29.4 Å². The van der Waals surface area contributed by atoms with Gasteiger partial charge in [0.25, 0.3) is 0 Å². The topological polar surface area (TPSA) is 69.2 Å². The summed E-state index contributed by atoms with van der Waals surface area (Å²) in [6.45, 7) is 16.9. The van der Waals surface area contributed by atoms with Crippen LogP contribution in [0.1, 0.15) is 66.7 Å². The summed E-state index contributed by atoms with van der Waals surface area (Å²) in [5.41, 5.74) is -0.433. The van der Waals surface area contributed by atoms with Gasteiger partial charge < -0.3 is 25.2 Å². The summed E-state index contributed by atoms with van der Waals surface area (Å²) in [7, 11) is 0. The SMILES string of the molecule is CCCN1CCC(NC(=NCC2CCN(C(=O)OC(C)(C)C)CC2)NCC)CC1. The van der Waals surface area contributed by atoms with Crippen molar-refractivity contribution in [1.29, 1.82) is 0 Å². The summed E-state index contributed by atoms with van der Waals surface area (Å²) in [5, 5.41) is 7.04. The largest absolute Gasteiger partial charge is 0.444 e. The smallest absolute Gasteiger partial charge is 0.410 e. The number of nitrogens with one attached hydrogen (secondary N) is 2. The van der Waals surface area contributed by atoms with Crippen molar-refractivity contribution >= 4 is 12.1 Å². The Labute approximate surface area is 177 Å². The molecule has 2 fully saturated rings. The number of hydrogen-bond donors (Lipinski definition) is 2. The van der Waals surface area contributed by atoms with E-state index >= 15 is 0 Å². The third-order valence-electron chi connectivity index (χ3n) is 5.59. The number of ether oxygens (including phenoxy) is 1. The zero-order valence-electron chi connectivity index (χ0n) is 19.3. The normalized spacial score (nSPS) is 20.6. The molecule has 29 heavy (non-hydrogen) atoms. The number of carbonyl (C=O) groups is 1. The van der Waals surface area contributed by atoms with Crippen molar-refractivity contribution in [2.24, 2.45) is 10.9 Å². The molecule has 2 heterocycles. The molecule has 168 valence electrons. The number of rotatable bonds is 6. The van der Waals surface area contributed by atoms with Gasteiger partial charge in [0, 0.05) is 45.3 Å². The van der Waals surface area contributed by atoms with E-state index in [4.69, 9.17) is 9.73 Å². The third-order valence-corrected chi connectivity index (χ3v) is 5.59. The minimum atomic E-state index is -0.433. The highest BCUT2D eigenvalue weighted by Crippen LogP contribution is 2.20. The van der Waals surface area contributed by atoms with Gasteiger partial charge in [0.05, 0.1) is 0 Å². The van der Waals surface area contributed by atoms with E-state index in [1.165, 1.54) is 38.9 Å². The number of piperidine rings is 2. The summed E-state index contributed by atoms with van der Waals surface area (Å²) in [4.78, 5) is 21.5. The van der Waals surface area contributed by atoms with Crippen LogP contribution in [0.3, 0.4) is 0 Å². The molecular weight excluding hydrogens is 366 g/mol. The van der Waals surface area contributed by atoms with Gasteiger partial charge in [-0.15, -0.1) is 0 Å².